The Labute approximate surface area is 150 Å². The zero-order valence-electron chi connectivity index (χ0n) is 15.7. The van der Waals surface area contributed by atoms with Gasteiger partial charge >= 0.3 is 6.03 Å². The topological polar surface area (TPSA) is 53.4 Å². The Hall–Kier alpha value is -1.82. The van der Waals surface area contributed by atoms with Crippen molar-refractivity contribution in [3.8, 4) is 0 Å². The van der Waals surface area contributed by atoms with Gasteiger partial charge in [-0.05, 0) is 51.6 Å². The molecule has 138 valence electrons. The van der Waals surface area contributed by atoms with Gasteiger partial charge in [0.25, 0.3) is 0 Å². The maximum atomic E-state index is 12.6. The molecule has 2 aliphatic rings. The van der Waals surface area contributed by atoms with Crippen molar-refractivity contribution in [1.29, 1.82) is 0 Å². The average molecular weight is 345 g/mol. The summed E-state index contributed by atoms with van der Waals surface area (Å²) in [6.07, 6.45) is 14.0. The number of carbonyl (C=O) groups excluding carboxylic acids is 1. The number of urea groups is 1. The molecule has 1 aromatic heterocycles. The molecule has 1 aliphatic carbocycles. The average Bonchev–Trinajstić information content (AvgIpc) is 3.01. The highest BCUT2D eigenvalue weighted by Gasteiger charge is 2.33. The van der Waals surface area contributed by atoms with Crippen molar-refractivity contribution < 1.29 is 4.79 Å². The summed E-state index contributed by atoms with van der Waals surface area (Å²) >= 11 is 0. The van der Waals surface area contributed by atoms with Crippen molar-refractivity contribution in [3.05, 3.63) is 30.1 Å². The summed E-state index contributed by atoms with van der Waals surface area (Å²) < 4.78 is 1.86. The molecule has 0 bridgehead atoms. The summed E-state index contributed by atoms with van der Waals surface area (Å²) in [7, 11) is 6.05. The van der Waals surface area contributed by atoms with Crippen LogP contribution in [-0.2, 0) is 7.05 Å². The van der Waals surface area contributed by atoms with E-state index in [4.69, 9.17) is 0 Å². The van der Waals surface area contributed by atoms with Gasteiger partial charge < -0.3 is 10.2 Å². The number of rotatable bonds is 4. The Balaban J connectivity index is 1.63. The molecular formula is C19H31N5O. The van der Waals surface area contributed by atoms with Crippen molar-refractivity contribution in [3.63, 3.8) is 0 Å². The summed E-state index contributed by atoms with van der Waals surface area (Å²) in [5, 5.41) is 7.49. The highest BCUT2D eigenvalue weighted by Crippen LogP contribution is 2.35. The van der Waals surface area contributed by atoms with Crippen LogP contribution >= 0.6 is 0 Å². The van der Waals surface area contributed by atoms with Gasteiger partial charge in [0.05, 0.1) is 6.20 Å². The Morgan fingerprint density at radius 1 is 1.36 bits per heavy atom. The van der Waals surface area contributed by atoms with E-state index in [1.54, 1.807) is 0 Å². The zero-order chi connectivity index (χ0) is 17.8. The van der Waals surface area contributed by atoms with Gasteiger partial charge in [-0.3, -0.25) is 9.58 Å². The Bertz CT molecular complexity index is 611. The fraction of sp³-hybridized carbons (Fsp3) is 0.684. The number of nitrogens with zero attached hydrogens (tertiary/aromatic N) is 4. The number of carbonyl (C=O) groups is 1. The Kier molecular flexibility index (Phi) is 5.78. The fourth-order valence-electron chi connectivity index (χ4n) is 4.21. The standard InChI is InChI=1S/C19H31N5O/c1-22-11-7-8-15(18(22)16-12-20-24(3)14-16)13-23(2)19(25)21-17-9-5-4-6-10-17/h5,9,12,14-15,17-18H,4,6-8,10-11,13H2,1-3H3,(H,21,25)/t15-,17+,18+/m0/s1. The maximum Gasteiger partial charge on any atom is 0.317 e. The SMILES string of the molecule is CN(C[C@@H]1CCCN(C)[C@H]1c1cnn(C)c1)C(=O)N[C@@H]1C=CCCC1. The zero-order valence-corrected chi connectivity index (χ0v) is 15.7. The highest BCUT2D eigenvalue weighted by atomic mass is 16.2. The summed E-state index contributed by atoms with van der Waals surface area (Å²) in [4.78, 5) is 16.8. The third-order valence-electron chi connectivity index (χ3n) is 5.49. The number of aromatic nitrogens is 2. The molecule has 1 saturated heterocycles. The second-order valence-electron chi connectivity index (χ2n) is 7.57. The van der Waals surface area contributed by atoms with E-state index in [0.29, 0.717) is 12.0 Å². The lowest BCUT2D eigenvalue weighted by molar-refractivity contribution is 0.0992. The summed E-state index contributed by atoms with van der Waals surface area (Å²) in [5.74, 6) is 0.431. The molecule has 0 aromatic carbocycles. The lowest BCUT2D eigenvalue weighted by Gasteiger charge is -2.40. The van der Waals surface area contributed by atoms with E-state index in [1.807, 2.05) is 29.9 Å². The van der Waals surface area contributed by atoms with Crippen LogP contribution in [-0.4, -0.2) is 58.8 Å². The van der Waals surface area contributed by atoms with Crippen LogP contribution in [0.4, 0.5) is 4.79 Å². The van der Waals surface area contributed by atoms with Gasteiger partial charge in [0, 0.05) is 44.5 Å². The number of aryl methyl sites for hydroxylation is 1. The molecule has 6 nitrogen and oxygen atoms in total. The molecule has 0 radical (unpaired) electrons. The van der Waals surface area contributed by atoms with Crippen molar-refractivity contribution in [2.45, 2.75) is 44.2 Å². The van der Waals surface area contributed by atoms with Crippen LogP contribution < -0.4 is 5.32 Å². The molecule has 1 aromatic rings. The van der Waals surface area contributed by atoms with E-state index in [9.17, 15) is 4.79 Å². The van der Waals surface area contributed by atoms with Gasteiger partial charge in [0.15, 0.2) is 0 Å². The number of amides is 2. The first kappa shape index (κ1) is 18.0. The number of piperidine rings is 1. The number of nitrogens with one attached hydrogen (secondary N) is 1. The molecule has 2 heterocycles. The molecule has 0 spiro atoms. The van der Waals surface area contributed by atoms with Gasteiger partial charge in [-0.2, -0.15) is 5.10 Å². The molecule has 1 N–H and O–H groups in total. The van der Waals surface area contributed by atoms with E-state index < -0.39 is 0 Å². The Morgan fingerprint density at radius 3 is 2.88 bits per heavy atom. The number of hydrogen-bond donors (Lipinski definition) is 1. The van der Waals surface area contributed by atoms with Crippen LogP contribution in [0, 0.1) is 5.92 Å². The number of hydrogen-bond acceptors (Lipinski definition) is 3. The second-order valence-corrected chi connectivity index (χ2v) is 7.57. The van der Waals surface area contributed by atoms with E-state index >= 15 is 0 Å². The molecule has 0 unspecified atom stereocenters. The first-order chi connectivity index (χ1) is 12.0. The first-order valence-electron chi connectivity index (χ1n) is 9.41. The van der Waals surface area contributed by atoms with Gasteiger partial charge in [-0.1, -0.05) is 12.2 Å². The van der Waals surface area contributed by atoms with Crippen LogP contribution in [0.15, 0.2) is 24.5 Å². The van der Waals surface area contributed by atoms with Crippen molar-refractivity contribution >= 4 is 6.03 Å². The second kappa shape index (κ2) is 8.04. The minimum Gasteiger partial charge on any atom is -0.332 e. The molecule has 6 heteroatoms. The van der Waals surface area contributed by atoms with E-state index in [0.717, 1.165) is 38.8 Å². The summed E-state index contributed by atoms with van der Waals surface area (Å²) in [5.41, 5.74) is 1.25. The van der Waals surface area contributed by atoms with Crippen LogP contribution in [0.25, 0.3) is 0 Å². The maximum absolute atomic E-state index is 12.6. The number of allylic oxidation sites excluding steroid dienone is 1. The molecule has 1 fully saturated rings. The monoisotopic (exact) mass is 345 g/mol. The molecule has 3 atom stereocenters. The molecule has 0 saturated carbocycles. The molecule has 25 heavy (non-hydrogen) atoms. The predicted molar refractivity (Wildman–Crippen MR) is 99.2 cm³/mol. The van der Waals surface area contributed by atoms with Crippen molar-refractivity contribution in [2.24, 2.45) is 13.0 Å². The largest absolute Gasteiger partial charge is 0.332 e. The summed E-state index contributed by atoms with van der Waals surface area (Å²) in [6.45, 7) is 1.87. The van der Waals surface area contributed by atoms with Crippen LogP contribution in [0.1, 0.15) is 43.7 Å². The van der Waals surface area contributed by atoms with Crippen molar-refractivity contribution in [2.75, 3.05) is 27.2 Å². The minimum absolute atomic E-state index is 0.0368. The van der Waals surface area contributed by atoms with E-state index in [2.05, 4.69) is 40.7 Å². The van der Waals surface area contributed by atoms with Crippen molar-refractivity contribution in [1.82, 2.24) is 24.9 Å². The quantitative estimate of drug-likeness (QED) is 0.853. The van der Waals surface area contributed by atoms with E-state index in [-0.39, 0.29) is 12.1 Å². The van der Waals surface area contributed by atoms with Gasteiger partial charge in [0.1, 0.15) is 0 Å². The fourth-order valence-corrected chi connectivity index (χ4v) is 4.21. The Morgan fingerprint density at radius 2 is 2.20 bits per heavy atom. The third-order valence-corrected chi connectivity index (χ3v) is 5.49. The lowest BCUT2D eigenvalue weighted by Crippen LogP contribution is -2.47. The van der Waals surface area contributed by atoms with Crippen LogP contribution in [0.3, 0.4) is 0 Å². The van der Waals surface area contributed by atoms with Gasteiger partial charge in [-0.15, -0.1) is 0 Å². The lowest BCUT2D eigenvalue weighted by atomic mass is 9.86. The molecular weight excluding hydrogens is 314 g/mol. The molecule has 1 aliphatic heterocycles. The van der Waals surface area contributed by atoms with Crippen LogP contribution in [0.2, 0.25) is 0 Å². The van der Waals surface area contributed by atoms with Crippen LogP contribution in [0.5, 0.6) is 0 Å². The highest BCUT2D eigenvalue weighted by molar-refractivity contribution is 5.74. The molecule has 3 rings (SSSR count). The van der Waals surface area contributed by atoms with E-state index in [1.165, 1.54) is 12.0 Å². The van der Waals surface area contributed by atoms with Gasteiger partial charge in [0.2, 0.25) is 0 Å². The smallest absolute Gasteiger partial charge is 0.317 e. The minimum atomic E-state index is 0.0368. The van der Waals surface area contributed by atoms with Gasteiger partial charge in [-0.25, -0.2) is 4.79 Å². The summed E-state index contributed by atoms with van der Waals surface area (Å²) in [6, 6.07) is 0.550. The normalized spacial score (nSPS) is 27.2. The first-order valence-corrected chi connectivity index (χ1v) is 9.41. The third kappa shape index (κ3) is 4.42. The number of likely N-dealkylation sites (tertiary alicyclic amines) is 1. The predicted octanol–water partition coefficient (Wildman–Crippen LogP) is 2.55. The molecule has 2 amide bonds.